The highest BCUT2D eigenvalue weighted by Gasteiger charge is 2.25. The first kappa shape index (κ1) is 22.2. The molecule has 0 radical (unpaired) electrons. The average molecular weight is 465 g/mol. The number of aromatic amines is 1. The van der Waals surface area contributed by atoms with Gasteiger partial charge in [-0.1, -0.05) is 12.1 Å². The van der Waals surface area contributed by atoms with Crippen molar-refractivity contribution in [3.8, 4) is 22.8 Å². The lowest BCUT2D eigenvalue weighted by Gasteiger charge is -2.31. The number of nitrogens with one attached hydrogen (secondary N) is 2. The molecule has 178 valence electrons. The van der Waals surface area contributed by atoms with E-state index >= 15 is 0 Å². The van der Waals surface area contributed by atoms with Crippen molar-refractivity contribution in [2.45, 2.75) is 12.6 Å². The summed E-state index contributed by atoms with van der Waals surface area (Å²) in [6.45, 7) is 5.28. The molecule has 1 amide bonds. The van der Waals surface area contributed by atoms with Crippen LogP contribution in [-0.4, -0.2) is 73.2 Å². The summed E-state index contributed by atoms with van der Waals surface area (Å²) in [6.07, 6.45) is -0.382. The third kappa shape index (κ3) is 5.00. The van der Waals surface area contributed by atoms with Gasteiger partial charge < -0.3 is 29.1 Å². The number of H-pyrrole nitrogens is 1. The predicted molar refractivity (Wildman–Crippen MR) is 126 cm³/mol. The highest BCUT2D eigenvalue weighted by atomic mass is 16.6. The van der Waals surface area contributed by atoms with E-state index in [2.05, 4.69) is 27.1 Å². The molecule has 1 fully saturated rings. The molecular weight excluding hydrogens is 436 g/mol. The number of carbonyl (C=O) groups is 1. The zero-order valence-electron chi connectivity index (χ0n) is 19.1. The number of nitrogens with zero attached hydrogens (tertiary/aromatic N) is 2. The van der Waals surface area contributed by atoms with E-state index in [1.165, 1.54) is 6.07 Å². The number of hydrogen-bond acceptors (Lipinski definition) is 7. The summed E-state index contributed by atoms with van der Waals surface area (Å²) < 4.78 is 17.8. The fourth-order valence-electron chi connectivity index (χ4n) is 4.16. The molecule has 9 heteroatoms. The van der Waals surface area contributed by atoms with Crippen LogP contribution in [0, 0.1) is 0 Å². The first-order chi connectivity index (χ1) is 16.5. The minimum absolute atomic E-state index is 0.193. The fraction of sp³-hybridized carbons (Fsp3) is 0.360. The van der Waals surface area contributed by atoms with Crippen LogP contribution < -0.4 is 20.3 Å². The van der Waals surface area contributed by atoms with Gasteiger partial charge in [0.15, 0.2) is 17.3 Å². The van der Waals surface area contributed by atoms with Gasteiger partial charge in [0.05, 0.1) is 18.8 Å². The average Bonchev–Trinajstić information content (AvgIpc) is 3.32. The molecule has 1 aromatic carbocycles. The van der Waals surface area contributed by atoms with Crippen molar-refractivity contribution in [2.75, 3.05) is 46.4 Å². The molecule has 34 heavy (non-hydrogen) atoms. The lowest BCUT2D eigenvalue weighted by atomic mass is 10.1. The van der Waals surface area contributed by atoms with Crippen molar-refractivity contribution in [3.05, 3.63) is 70.4 Å². The van der Waals surface area contributed by atoms with Crippen LogP contribution in [0.2, 0.25) is 0 Å². The standard InChI is InChI=1S/C25H28N4O5/c1-28-10-12-29(13-11-28)15-17-8-9-22(33-17)25(31)26-14-18-16-32-21-6-2-4-19(24(21)34-18)20-5-3-7-23(30)27-20/h2-9,18H,10-16H2,1H3,(H,26,31)(H,27,30). The molecule has 2 aliphatic rings. The number of piperazine rings is 1. The molecule has 0 saturated carbocycles. The molecule has 1 unspecified atom stereocenters. The number of likely N-dealkylation sites (N-methyl/N-ethyl adjacent to an activating group) is 1. The molecule has 1 atom stereocenters. The van der Waals surface area contributed by atoms with Crippen molar-refractivity contribution in [3.63, 3.8) is 0 Å². The Bertz CT molecular complexity index is 1210. The summed E-state index contributed by atoms with van der Waals surface area (Å²) in [5.41, 5.74) is 1.17. The summed E-state index contributed by atoms with van der Waals surface area (Å²) in [6, 6.07) is 14.0. The van der Waals surface area contributed by atoms with Gasteiger partial charge in [-0.2, -0.15) is 0 Å². The van der Waals surface area contributed by atoms with Crippen LogP contribution in [-0.2, 0) is 6.54 Å². The van der Waals surface area contributed by atoms with E-state index in [0.29, 0.717) is 30.3 Å². The van der Waals surface area contributed by atoms with E-state index in [4.69, 9.17) is 13.9 Å². The van der Waals surface area contributed by atoms with E-state index < -0.39 is 0 Å². The molecule has 0 aliphatic carbocycles. The number of hydrogen-bond donors (Lipinski definition) is 2. The highest BCUT2D eigenvalue weighted by molar-refractivity contribution is 5.91. The smallest absolute Gasteiger partial charge is 0.287 e. The summed E-state index contributed by atoms with van der Waals surface area (Å²) in [5, 5.41) is 2.87. The van der Waals surface area contributed by atoms with Gasteiger partial charge in [0.1, 0.15) is 18.5 Å². The molecule has 0 spiro atoms. The number of amides is 1. The van der Waals surface area contributed by atoms with Gasteiger partial charge in [0, 0.05) is 37.8 Å². The predicted octanol–water partition coefficient (Wildman–Crippen LogP) is 1.95. The largest absolute Gasteiger partial charge is 0.486 e. The van der Waals surface area contributed by atoms with Crippen molar-refractivity contribution < 1.29 is 18.7 Å². The number of aromatic nitrogens is 1. The number of rotatable bonds is 6. The Morgan fingerprint density at radius 1 is 1.09 bits per heavy atom. The van der Waals surface area contributed by atoms with Crippen LogP contribution in [0.1, 0.15) is 16.3 Å². The SMILES string of the molecule is CN1CCN(Cc2ccc(C(=O)NCC3COc4cccc(-c5cccc(=O)[nH]5)c4O3)o2)CC1. The van der Waals surface area contributed by atoms with Crippen LogP contribution in [0.15, 0.2) is 57.7 Å². The van der Waals surface area contributed by atoms with E-state index in [1.54, 1.807) is 12.1 Å². The van der Waals surface area contributed by atoms with Gasteiger partial charge in [-0.3, -0.25) is 14.5 Å². The second-order valence-electron chi connectivity index (χ2n) is 8.67. The van der Waals surface area contributed by atoms with E-state index in [1.807, 2.05) is 30.3 Å². The van der Waals surface area contributed by atoms with Crippen molar-refractivity contribution in [1.82, 2.24) is 20.1 Å². The molecule has 2 aliphatic heterocycles. The lowest BCUT2D eigenvalue weighted by Crippen LogP contribution is -2.43. The van der Waals surface area contributed by atoms with Gasteiger partial charge >= 0.3 is 0 Å². The molecule has 1 saturated heterocycles. The van der Waals surface area contributed by atoms with Crippen molar-refractivity contribution in [1.29, 1.82) is 0 Å². The maximum atomic E-state index is 12.6. The van der Waals surface area contributed by atoms with Crippen LogP contribution >= 0.6 is 0 Å². The van der Waals surface area contributed by atoms with Gasteiger partial charge in [-0.15, -0.1) is 0 Å². The Labute approximate surface area is 197 Å². The number of pyridine rings is 1. The zero-order chi connectivity index (χ0) is 23.5. The van der Waals surface area contributed by atoms with Crippen LogP contribution in [0.25, 0.3) is 11.3 Å². The lowest BCUT2D eigenvalue weighted by molar-refractivity contribution is 0.0773. The second-order valence-corrected chi connectivity index (χ2v) is 8.67. The van der Waals surface area contributed by atoms with Crippen LogP contribution in [0.5, 0.6) is 11.5 Å². The zero-order valence-corrected chi connectivity index (χ0v) is 19.1. The number of furan rings is 1. The molecular formula is C25H28N4O5. The molecule has 9 nitrogen and oxygen atoms in total. The fourth-order valence-corrected chi connectivity index (χ4v) is 4.16. The Morgan fingerprint density at radius 3 is 2.74 bits per heavy atom. The molecule has 4 heterocycles. The first-order valence-electron chi connectivity index (χ1n) is 11.4. The molecule has 2 aromatic heterocycles. The van der Waals surface area contributed by atoms with E-state index in [0.717, 1.165) is 37.5 Å². The Balaban J connectivity index is 1.19. The Kier molecular flexibility index (Phi) is 6.37. The van der Waals surface area contributed by atoms with Gasteiger partial charge in [0.2, 0.25) is 5.56 Å². The second kappa shape index (κ2) is 9.74. The number of para-hydroxylation sites is 1. The van der Waals surface area contributed by atoms with Crippen LogP contribution in [0.3, 0.4) is 0 Å². The van der Waals surface area contributed by atoms with Gasteiger partial charge in [0.25, 0.3) is 5.91 Å². The first-order valence-corrected chi connectivity index (χ1v) is 11.4. The minimum Gasteiger partial charge on any atom is -0.486 e. The topological polar surface area (TPSA) is 100 Å². The van der Waals surface area contributed by atoms with E-state index in [-0.39, 0.29) is 29.9 Å². The number of carbonyl (C=O) groups excluding carboxylic acids is 1. The summed E-state index contributed by atoms with van der Waals surface area (Å²) >= 11 is 0. The maximum absolute atomic E-state index is 12.6. The third-order valence-corrected chi connectivity index (χ3v) is 6.10. The molecule has 2 N–H and O–H groups in total. The highest BCUT2D eigenvalue weighted by Crippen LogP contribution is 2.39. The Hall–Kier alpha value is -3.56. The molecule has 5 rings (SSSR count). The van der Waals surface area contributed by atoms with Gasteiger partial charge in [-0.05, 0) is 37.4 Å². The minimum atomic E-state index is -0.382. The van der Waals surface area contributed by atoms with Crippen LogP contribution in [0.4, 0.5) is 0 Å². The third-order valence-electron chi connectivity index (χ3n) is 6.10. The van der Waals surface area contributed by atoms with Gasteiger partial charge in [-0.25, -0.2) is 0 Å². The van der Waals surface area contributed by atoms with Crippen molar-refractivity contribution >= 4 is 5.91 Å². The summed E-state index contributed by atoms with van der Waals surface area (Å²) in [4.78, 5) is 31.8. The monoisotopic (exact) mass is 464 g/mol. The molecule has 0 bridgehead atoms. The normalized spacial score (nSPS) is 18.6. The Morgan fingerprint density at radius 2 is 1.91 bits per heavy atom. The summed E-state index contributed by atoms with van der Waals surface area (Å²) in [5.74, 6) is 1.91. The number of benzene rings is 1. The number of ether oxygens (including phenoxy) is 2. The van der Waals surface area contributed by atoms with E-state index in [9.17, 15) is 9.59 Å². The number of fused-ring (bicyclic) bond motifs is 1. The summed E-state index contributed by atoms with van der Waals surface area (Å²) in [7, 11) is 2.12. The molecule has 3 aromatic rings. The quantitative estimate of drug-likeness (QED) is 0.575. The van der Waals surface area contributed by atoms with Crippen molar-refractivity contribution in [2.24, 2.45) is 0 Å². The maximum Gasteiger partial charge on any atom is 0.287 e.